The van der Waals surface area contributed by atoms with Crippen molar-refractivity contribution in [2.45, 2.75) is 25.5 Å². The van der Waals surface area contributed by atoms with Gasteiger partial charge in [-0.25, -0.2) is 4.39 Å². The highest BCUT2D eigenvalue weighted by Crippen LogP contribution is 2.33. The van der Waals surface area contributed by atoms with Crippen LogP contribution in [0, 0.1) is 5.82 Å². The summed E-state index contributed by atoms with van der Waals surface area (Å²) in [5, 5.41) is 9.10. The molecular formula is C11H14FNO. The first kappa shape index (κ1) is 9.46. The number of anilines is 1. The second kappa shape index (κ2) is 3.58. The van der Waals surface area contributed by atoms with E-state index in [0.29, 0.717) is 17.3 Å². The third kappa shape index (κ3) is 1.60. The van der Waals surface area contributed by atoms with Crippen LogP contribution in [0.15, 0.2) is 18.2 Å². The van der Waals surface area contributed by atoms with E-state index in [1.54, 1.807) is 12.1 Å². The number of para-hydroxylation sites is 1. The van der Waals surface area contributed by atoms with Crippen molar-refractivity contribution in [2.24, 2.45) is 0 Å². The molecule has 1 aromatic carbocycles. The van der Waals surface area contributed by atoms with E-state index in [-0.39, 0.29) is 12.4 Å². The number of hydrogen-bond donors (Lipinski definition) is 1. The zero-order valence-electron chi connectivity index (χ0n) is 8.20. The maximum atomic E-state index is 13.5. The molecule has 2 nitrogen and oxygen atoms in total. The van der Waals surface area contributed by atoms with Crippen LogP contribution in [0.1, 0.15) is 18.4 Å². The Morgan fingerprint density at radius 1 is 1.50 bits per heavy atom. The summed E-state index contributed by atoms with van der Waals surface area (Å²) in [6.45, 7) is -0.107. The number of aliphatic hydroxyl groups excluding tert-OH is 1. The highest BCUT2D eigenvalue weighted by Gasteiger charge is 2.29. The van der Waals surface area contributed by atoms with E-state index in [2.05, 4.69) is 0 Å². The van der Waals surface area contributed by atoms with E-state index < -0.39 is 0 Å². The highest BCUT2D eigenvalue weighted by molar-refractivity contribution is 5.55. The van der Waals surface area contributed by atoms with Gasteiger partial charge in [-0.15, -0.1) is 0 Å². The first-order valence-electron chi connectivity index (χ1n) is 4.85. The molecule has 0 atom stereocenters. The van der Waals surface area contributed by atoms with E-state index in [1.807, 2.05) is 11.9 Å². The van der Waals surface area contributed by atoms with Crippen molar-refractivity contribution in [2.75, 3.05) is 11.9 Å². The molecule has 1 aliphatic carbocycles. The Bertz CT molecular complexity index is 336. The van der Waals surface area contributed by atoms with Crippen LogP contribution in [0.25, 0.3) is 0 Å². The average molecular weight is 195 g/mol. The van der Waals surface area contributed by atoms with Gasteiger partial charge >= 0.3 is 0 Å². The quantitative estimate of drug-likeness (QED) is 0.796. The summed E-state index contributed by atoms with van der Waals surface area (Å²) in [5.74, 6) is -0.244. The first-order valence-corrected chi connectivity index (χ1v) is 4.85. The number of aliphatic hydroxyl groups is 1. The molecule has 0 heterocycles. The highest BCUT2D eigenvalue weighted by atomic mass is 19.1. The summed E-state index contributed by atoms with van der Waals surface area (Å²) in [5.41, 5.74) is 1.22. The molecule has 2 rings (SSSR count). The molecule has 1 N–H and O–H groups in total. The van der Waals surface area contributed by atoms with Gasteiger partial charge in [-0.05, 0) is 18.9 Å². The van der Waals surface area contributed by atoms with E-state index in [1.165, 1.54) is 6.07 Å². The summed E-state index contributed by atoms with van der Waals surface area (Å²) >= 11 is 0. The van der Waals surface area contributed by atoms with Crippen molar-refractivity contribution in [1.29, 1.82) is 0 Å². The molecule has 1 saturated carbocycles. The SMILES string of the molecule is CN(c1c(F)cccc1CO)C1CC1. The van der Waals surface area contributed by atoms with Crippen LogP contribution in [0.5, 0.6) is 0 Å². The second-order valence-electron chi connectivity index (χ2n) is 3.75. The fourth-order valence-corrected chi connectivity index (χ4v) is 1.73. The topological polar surface area (TPSA) is 23.5 Å². The van der Waals surface area contributed by atoms with Crippen molar-refractivity contribution in [1.82, 2.24) is 0 Å². The largest absolute Gasteiger partial charge is 0.392 e. The Morgan fingerprint density at radius 3 is 2.79 bits per heavy atom. The van der Waals surface area contributed by atoms with Crippen LogP contribution in [0.4, 0.5) is 10.1 Å². The zero-order valence-corrected chi connectivity index (χ0v) is 8.20. The molecule has 0 radical (unpaired) electrons. The molecule has 1 aromatic rings. The lowest BCUT2D eigenvalue weighted by atomic mass is 10.1. The molecule has 0 amide bonds. The number of hydrogen-bond acceptors (Lipinski definition) is 2. The Hall–Kier alpha value is -1.09. The number of rotatable bonds is 3. The Morgan fingerprint density at radius 2 is 2.21 bits per heavy atom. The molecule has 0 saturated heterocycles. The van der Waals surface area contributed by atoms with Crippen LogP contribution in [-0.2, 0) is 6.61 Å². The van der Waals surface area contributed by atoms with E-state index >= 15 is 0 Å². The van der Waals surface area contributed by atoms with Gasteiger partial charge in [0.1, 0.15) is 5.82 Å². The smallest absolute Gasteiger partial charge is 0.146 e. The van der Waals surface area contributed by atoms with Gasteiger partial charge in [-0.1, -0.05) is 12.1 Å². The normalized spacial score (nSPS) is 15.6. The minimum atomic E-state index is -0.244. The summed E-state index contributed by atoms with van der Waals surface area (Å²) in [4.78, 5) is 1.93. The monoisotopic (exact) mass is 195 g/mol. The lowest BCUT2D eigenvalue weighted by molar-refractivity contribution is 0.281. The number of benzene rings is 1. The summed E-state index contributed by atoms with van der Waals surface area (Å²) in [6.07, 6.45) is 2.24. The number of nitrogens with zero attached hydrogens (tertiary/aromatic N) is 1. The molecule has 1 aliphatic rings. The maximum absolute atomic E-state index is 13.5. The van der Waals surface area contributed by atoms with E-state index in [9.17, 15) is 4.39 Å². The Labute approximate surface area is 83.0 Å². The molecule has 0 bridgehead atoms. The van der Waals surface area contributed by atoms with Gasteiger partial charge < -0.3 is 10.0 Å². The molecule has 1 fully saturated rings. The van der Waals surface area contributed by atoms with Gasteiger partial charge in [0.2, 0.25) is 0 Å². The Balaban J connectivity index is 2.37. The minimum absolute atomic E-state index is 0.107. The molecule has 0 unspecified atom stereocenters. The Kier molecular flexibility index (Phi) is 2.42. The van der Waals surface area contributed by atoms with Crippen molar-refractivity contribution in [3.63, 3.8) is 0 Å². The minimum Gasteiger partial charge on any atom is -0.392 e. The lowest BCUT2D eigenvalue weighted by Crippen LogP contribution is -2.22. The first-order chi connectivity index (χ1) is 6.74. The van der Waals surface area contributed by atoms with Crippen LogP contribution in [0.2, 0.25) is 0 Å². The fraction of sp³-hybridized carbons (Fsp3) is 0.455. The van der Waals surface area contributed by atoms with Crippen molar-refractivity contribution >= 4 is 5.69 Å². The third-order valence-electron chi connectivity index (χ3n) is 2.69. The van der Waals surface area contributed by atoms with Gasteiger partial charge in [-0.2, -0.15) is 0 Å². The van der Waals surface area contributed by atoms with Crippen molar-refractivity contribution < 1.29 is 9.50 Å². The standard InChI is InChI=1S/C11H14FNO/c1-13(9-5-6-9)11-8(7-14)3-2-4-10(11)12/h2-4,9,14H,5-7H2,1H3. The van der Waals surface area contributed by atoms with Gasteiger partial charge in [0, 0.05) is 18.7 Å². The average Bonchev–Trinajstić information content (AvgIpc) is 2.99. The van der Waals surface area contributed by atoms with Crippen molar-refractivity contribution in [3.8, 4) is 0 Å². The number of halogens is 1. The third-order valence-corrected chi connectivity index (χ3v) is 2.69. The van der Waals surface area contributed by atoms with Gasteiger partial charge in [0.15, 0.2) is 0 Å². The second-order valence-corrected chi connectivity index (χ2v) is 3.75. The molecular weight excluding hydrogens is 181 g/mol. The van der Waals surface area contributed by atoms with E-state index in [0.717, 1.165) is 12.8 Å². The lowest BCUT2D eigenvalue weighted by Gasteiger charge is -2.21. The molecule has 76 valence electrons. The zero-order chi connectivity index (χ0) is 10.1. The van der Waals surface area contributed by atoms with E-state index in [4.69, 9.17) is 5.11 Å². The molecule has 0 aliphatic heterocycles. The summed E-state index contributed by atoms with van der Waals surface area (Å²) in [7, 11) is 1.88. The van der Waals surface area contributed by atoms with Crippen LogP contribution in [0.3, 0.4) is 0 Å². The van der Waals surface area contributed by atoms with Gasteiger partial charge in [-0.3, -0.25) is 0 Å². The van der Waals surface area contributed by atoms with Crippen molar-refractivity contribution in [3.05, 3.63) is 29.6 Å². The molecule has 14 heavy (non-hydrogen) atoms. The predicted octanol–water partition coefficient (Wildman–Crippen LogP) is 1.92. The molecule has 0 aromatic heterocycles. The fourth-order valence-electron chi connectivity index (χ4n) is 1.73. The van der Waals surface area contributed by atoms with Crippen LogP contribution in [-0.4, -0.2) is 18.2 Å². The van der Waals surface area contributed by atoms with Gasteiger partial charge in [0.05, 0.1) is 12.3 Å². The molecule has 0 spiro atoms. The molecule has 3 heteroatoms. The van der Waals surface area contributed by atoms with Gasteiger partial charge in [0.25, 0.3) is 0 Å². The predicted molar refractivity (Wildman–Crippen MR) is 53.7 cm³/mol. The maximum Gasteiger partial charge on any atom is 0.146 e. The summed E-state index contributed by atoms with van der Waals surface area (Å²) in [6, 6.07) is 5.28. The van der Waals surface area contributed by atoms with Crippen LogP contribution < -0.4 is 4.90 Å². The van der Waals surface area contributed by atoms with Crippen LogP contribution >= 0.6 is 0 Å². The summed E-state index contributed by atoms with van der Waals surface area (Å²) < 4.78 is 13.5.